The summed E-state index contributed by atoms with van der Waals surface area (Å²) in [5, 5.41) is 1.11. The molecule has 0 bridgehead atoms. The van der Waals surface area contributed by atoms with Gasteiger partial charge in [0.1, 0.15) is 6.61 Å². The Kier molecular flexibility index (Phi) is 7.15. The van der Waals surface area contributed by atoms with E-state index in [1.807, 2.05) is 30.3 Å². The Hall–Kier alpha value is -3.25. The van der Waals surface area contributed by atoms with Crippen LogP contribution < -0.4 is 10.5 Å². The zero-order valence-electron chi connectivity index (χ0n) is 19.5. The number of ether oxygens (including phenoxy) is 1. The summed E-state index contributed by atoms with van der Waals surface area (Å²) in [5.41, 5.74) is 10.1. The molecule has 174 valence electrons. The molecule has 0 aliphatic carbocycles. The number of fused-ring (bicyclic) bond motifs is 1. The van der Waals surface area contributed by atoms with Crippen LogP contribution in [0.15, 0.2) is 97.1 Å². The van der Waals surface area contributed by atoms with Gasteiger partial charge >= 0.3 is 0 Å². The molecule has 1 unspecified atom stereocenters. The lowest BCUT2D eigenvalue weighted by molar-refractivity contribution is 0.0993. The third-order valence-electron chi connectivity index (χ3n) is 6.51. The minimum Gasteiger partial charge on any atom is -0.476 e. The van der Waals surface area contributed by atoms with Gasteiger partial charge in [0.25, 0.3) is 0 Å². The maximum absolute atomic E-state index is 6.43. The molecule has 1 aliphatic heterocycles. The summed E-state index contributed by atoms with van der Waals surface area (Å²) in [6.45, 7) is 5.30. The van der Waals surface area contributed by atoms with Crippen molar-refractivity contribution < 1.29 is 4.74 Å². The van der Waals surface area contributed by atoms with Crippen LogP contribution >= 0.6 is 0 Å². The van der Waals surface area contributed by atoms with E-state index in [9.17, 15) is 0 Å². The van der Waals surface area contributed by atoms with Gasteiger partial charge in [-0.05, 0) is 23.3 Å². The van der Waals surface area contributed by atoms with Gasteiger partial charge in [-0.1, -0.05) is 78.9 Å². The smallest absolute Gasteiger partial charge is 0.213 e. The molecule has 34 heavy (non-hydrogen) atoms. The van der Waals surface area contributed by atoms with Gasteiger partial charge in [0.15, 0.2) is 0 Å². The number of para-hydroxylation sites is 1. The summed E-state index contributed by atoms with van der Waals surface area (Å²) < 4.78 is 5.92. The van der Waals surface area contributed by atoms with E-state index in [0.717, 1.165) is 43.6 Å². The lowest BCUT2D eigenvalue weighted by Crippen LogP contribution is -2.51. The predicted molar refractivity (Wildman–Crippen MR) is 138 cm³/mol. The van der Waals surface area contributed by atoms with Crippen LogP contribution in [-0.4, -0.2) is 60.2 Å². The SMILES string of the molecule is NC(COc1ccc2ccccc2n1)CN1CCN(C(c2ccccc2)c2ccccc2)CC1. The highest BCUT2D eigenvalue weighted by atomic mass is 16.5. The van der Waals surface area contributed by atoms with Crippen LogP contribution in [0, 0.1) is 0 Å². The van der Waals surface area contributed by atoms with E-state index in [0.29, 0.717) is 12.5 Å². The molecule has 1 fully saturated rings. The largest absolute Gasteiger partial charge is 0.476 e. The lowest BCUT2D eigenvalue weighted by Gasteiger charge is -2.40. The van der Waals surface area contributed by atoms with Crippen molar-refractivity contribution in [1.29, 1.82) is 0 Å². The first-order valence-corrected chi connectivity index (χ1v) is 12.1. The maximum Gasteiger partial charge on any atom is 0.213 e. The topological polar surface area (TPSA) is 54.6 Å². The van der Waals surface area contributed by atoms with Crippen molar-refractivity contribution in [1.82, 2.24) is 14.8 Å². The van der Waals surface area contributed by atoms with Gasteiger partial charge < -0.3 is 10.5 Å². The maximum atomic E-state index is 6.43. The minimum atomic E-state index is -0.0566. The number of hydrogen-bond acceptors (Lipinski definition) is 5. The van der Waals surface area contributed by atoms with Crippen LogP contribution in [0.1, 0.15) is 17.2 Å². The Bertz CT molecular complexity index is 1140. The first-order chi connectivity index (χ1) is 16.8. The van der Waals surface area contributed by atoms with Crippen LogP contribution in [0.3, 0.4) is 0 Å². The zero-order valence-corrected chi connectivity index (χ0v) is 19.5. The zero-order chi connectivity index (χ0) is 23.2. The van der Waals surface area contributed by atoms with Gasteiger partial charge in [-0.15, -0.1) is 0 Å². The van der Waals surface area contributed by atoms with E-state index in [2.05, 4.69) is 81.5 Å². The average Bonchev–Trinajstić information content (AvgIpc) is 2.90. The first-order valence-electron chi connectivity index (χ1n) is 12.1. The molecule has 3 aromatic carbocycles. The summed E-state index contributed by atoms with van der Waals surface area (Å²) in [6.07, 6.45) is 0. The molecule has 1 atom stereocenters. The molecular weight excluding hydrogens is 420 g/mol. The molecule has 5 rings (SSSR count). The fraction of sp³-hybridized carbons (Fsp3) is 0.276. The quantitative estimate of drug-likeness (QED) is 0.431. The number of piperazine rings is 1. The van der Waals surface area contributed by atoms with Crippen molar-refractivity contribution in [3.8, 4) is 5.88 Å². The van der Waals surface area contributed by atoms with E-state index in [1.54, 1.807) is 0 Å². The molecule has 4 aromatic rings. The van der Waals surface area contributed by atoms with E-state index in [4.69, 9.17) is 10.5 Å². The van der Waals surface area contributed by atoms with Crippen LogP contribution in [0.2, 0.25) is 0 Å². The van der Waals surface area contributed by atoms with E-state index in [-0.39, 0.29) is 12.1 Å². The molecule has 1 saturated heterocycles. The number of nitrogens with zero attached hydrogens (tertiary/aromatic N) is 3. The van der Waals surface area contributed by atoms with Gasteiger partial charge in [-0.2, -0.15) is 0 Å². The van der Waals surface area contributed by atoms with Gasteiger partial charge in [-0.25, -0.2) is 4.98 Å². The van der Waals surface area contributed by atoms with Crippen molar-refractivity contribution in [2.45, 2.75) is 12.1 Å². The molecule has 0 amide bonds. The highest BCUT2D eigenvalue weighted by Crippen LogP contribution is 2.29. The highest BCUT2D eigenvalue weighted by molar-refractivity contribution is 5.78. The average molecular weight is 453 g/mol. The number of rotatable bonds is 8. The third kappa shape index (κ3) is 5.45. The monoisotopic (exact) mass is 452 g/mol. The van der Waals surface area contributed by atoms with E-state index < -0.39 is 0 Å². The van der Waals surface area contributed by atoms with Crippen LogP contribution in [0.25, 0.3) is 10.9 Å². The molecule has 5 heteroatoms. The Balaban J connectivity index is 1.15. The van der Waals surface area contributed by atoms with Crippen LogP contribution in [0.5, 0.6) is 5.88 Å². The van der Waals surface area contributed by atoms with E-state index >= 15 is 0 Å². The van der Waals surface area contributed by atoms with Crippen LogP contribution in [0.4, 0.5) is 0 Å². The summed E-state index contributed by atoms with van der Waals surface area (Å²) in [5.74, 6) is 0.632. The van der Waals surface area contributed by atoms with E-state index in [1.165, 1.54) is 11.1 Å². The van der Waals surface area contributed by atoms with Gasteiger partial charge in [0.05, 0.1) is 17.6 Å². The number of nitrogens with two attached hydrogens (primary N) is 1. The van der Waals surface area contributed by atoms with Crippen molar-refractivity contribution >= 4 is 10.9 Å². The number of benzene rings is 3. The summed E-state index contributed by atoms with van der Waals surface area (Å²) in [4.78, 5) is 9.62. The number of aromatic nitrogens is 1. The fourth-order valence-corrected chi connectivity index (χ4v) is 4.79. The summed E-state index contributed by atoms with van der Waals surface area (Å²) in [6, 6.07) is 33.9. The second-order valence-electron chi connectivity index (χ2n) is 8.97. The first kappa shape index (κ1) is 22.5. The Morgan fingerprint density at radius 1 is 0.735 bits per heavy atom. The van der Waals surface area contributed by atoms with Crippen molar-refractivity contribution in [3.63, 3.8) is 0 Å². The second-order valence-corrected chi connectivity index (χ2v) is 8.97. The number of pyridine rings is 1. The molecule has 0 radical (unpaired) electrons. The Morgan fingerprint density at radius 2 is 1.35 bits per heavy atom. The van der Waals surface area contributed by atoms with Crippen molar-refractivity contribution in [2.24, 2.45) is 5.73 Å². The lowest BCUT2D eigenvalue weighted by atomic mass is 9.96. The van der Waals surface area contributed by atoms with Crippen molar-refractivity contribution in [2.75, 3.05) is 39.3 Å². The normalized spacial score (nSPS) is 16.1. The Labute approximate surface area is 201 Å². The van der Waals surface area contributed by atoms with Crippen molar-refractivity contribution in [3.05, 3.63) is 108 Å². The molecule has 0 saturated carbocycles. The number of hydrogen-bond donors (Lipinski definition) is 1. The highest BCUT2D eigenvalue weighted by Gasteiger charge is 2.26. The second kappa shape index (κ2) is 10.8. The molecule has 2 heterocycles. The van der Waals surface area contributed by atoms with Gasteiger partial charge in [0, 0.05) is 44.2 Å². The van der Waals surface area contributed by atoms with Crippen LogP contribution in [-0.2, 0) is 0 Å². The summed E-state index contributed by atoms with van der Waals surface area (Å²) in [7, 11) is 0. The molecule has 0 spiro atoms. The predicted octanol–water partition coefficient (Wildman–Crippen LogP) is 4.35. The standard InChI is InChI=1S/C29H32N4O/c30-26(22-34-28-16-15-23-9-7-8-14-27(23)31-28)21-32-17-19-33(20-18-32)29(24-10-3-1-4-11-24)25-12-5-2-6-13-25/h1-16,26,29H,17-22,30H2. The molecule has 5 nitrogen and oxygen atoms in total. The molecule has 1 aromatic heterocycles. The Morgan fingerprint density at radius 3 is 2.03 bits per heavy atom. The van der Waals surface area contributed by atoms with Gasteiger partial charge in [-0.3, -0.25) is 9.80 Å². The summed E-state index contributed by atoms with van der Waals surface area (Å²) >= 11 is 0. The molecule has 2 N–H and O–H groups in total. The fourth-order valence-electron chi connectivity index (χ4n) is 4.79. The minimum absolute atomic E-state index is 0.0566. The molecule has 1 aliphatic rings. The molecular formula is C29H32N4O. The van der Waals surface area contributed by atoms with Gasteiger partial charge in [0.2, 0.25) is 5.88 Å². The third-order valence-corrected chi connectivity index (χ3v) is 6.51.